The number of nitrogens with zero attached hydrogens (tertiary/aromatic N) is 1. The highest BCUT2D eigenvalue weighted by atomic mass is 31.1. The van der Waals surface area contributed by atoms with E-state index in [-0.39, 0.29) is 0 Å². The van der Waals surface area contributed by atoms with Gasteiger partial charge in [-0.25, -0.2) is 0 Å². The monoisotopic (exact) mass is 393 g/mol. The Morgan fingerprint density at radius 2 is 1.26 bits per heavy atom. The number of rotatable bonds is 6. The maximum Gasteiger partial charge on any atom is 0.242 e. The quantitative estimate of drug-likeness (QED) is 0.394. The van der Waals surface area contributed by atoms with Crippen LogP contribution in [0.2, 0.25) is 19.6 Å². The van der Waals surface area contributed by atoms with Crippen LogP contribution >= 0.6 is 8.07 Å². The maximum absolute atomic E-state index is 6.46. The average Bonchev–Trinajstić information content (AvgIpc) is 2.62. The van der Waals surface area contributed by atoms with Crippen LogP contribution in [0.4, 0.5) is 5.69 Å². The molecule has 3 aromatic rings. The van der Waals surface area contributed by atoms with E-state index in [9.17, 15) is 0 Å². The molecule has 0 saturated heterocycles. The van der Waals surface area contributed by atoms with Crippen LogP contribution in [0.1, 0.15) is 5.56 Å². The molecule has 0 atom stereocenters. The lowest BCUT2D eigenvalue weighted by Gasteiger charge is -2.34. The Labute approximate surface area is 165 Å². The zero-order chi connectivity index (χ0) is 19.4. The molecule has 0 spiro atoms. The van der Waals surface area contributed by atoms with Gasteiger partial charge in [0, 0.05) is 17.7 Å². The summed E-state index contributed by atoms with van der Waals surface area (Å²) in [6.45, 7) is 8.87. The summed E-state index contributed by atoms with van der Waals surface area (Å²) in [5, 5.41) is 2.67. The predicted molar refractivity (Wildman–Crippen MR) is 123 cm³/mol. The highest BCUT2D eigenvalue weighted by molar-refractivity contribution is 7.74. The summed E-state index contributed by atoms with van der Waals surface area (Å²) >= 11 is 0. The summed E-state index contributed by atoms with van der Waals surface area (Å²) in [6, 6.07) is 27.9. The van der Waals surface area contributed by atoms with Gasteiger partial charge in [0.1, 0.15) is 5.75 Å². The molecule has 0 radical (unpaired) electrons. The lowest BCUT2D eigenvalue weighted by molar-refractivity contribution is 0.558. The van der Waals surface area contributed by atoms with Gasteiger partial charge in [-0.15, -0.1) is 0 Å². The van der Waals surface area contributed by atoms with Crippen LogP contribution in [0.5, 0.6) is 5.75 Å². The number of aryl methyl sites for hydroxylation is 1. The molecule has 0 aliphatic rings. The van der Waals surface area contributed by atoms with E-state index < -0.39 is 16.4 Å². The number of para-hydroxylation sites is 1. The topological polar surface area (TPSA) is 12.5 Å². The third-order valence-corrected chi connectivity index (χ3v) is 7.45. The van der Waals surface area contributed by atoms with E-state index in [1.165, 1.54) is 21.9 Å². The molecule has 0 heterocycles. The summed E-state index contributed by atoms with van der Waals surface area (Å²) < 4.78 is 8.89. The minimum absolute atomic E-state index is 0.694. The third-order valence-electron chi connectivity index (χ3n) is 4.24. The summed E-state index contributed by atoms with van der Waals surface area (Å²) in [6.07, 6.45) is 0. The summed E-state index contributed by atoms with van der Waals surface area (Å²) in [5.41, 5.74) is 2.44. The second-order valence-electron chi connectivity index (χ2n) is 7.64. The third kappa shape index (κ3) is 4.80. The molecule has 0 aromatic heterocycles. The van der Waals surface area contributed by atoms with Crippen molar-refractivity contribution in [1.82, 2.24) is 0 Å². The van der Waals surface area contributed by atoms with E-state index in [1.807, 2.05) is 0 Å². The fraction of sp³-hybridized carbons (Fsp3) is 0.217. The molecule has 0 N–H and O–H groups in total. The van der Waals surface area contributed by atoms with Crippen molar-refractivity contribution < 1.29 is 4.43 Å². The van der Waals surface area contributed by atoms with Gasteiger partial charge in [0.2, 0.25) is 8.32 Å². The maximum atomic E-state index is 6.46. The van der Waals surface area contributed by atoms with E-state index >= 15 is 0 Å². The Balaban J connectivity index is 2.12. The van der Waals surface area contributed by atoms with Gasteiger partial charge in [0.15, 0.2) is 0 Å². The van der Waals surface area contributed by atoms with Crippen molar-refractivity contribution >= 4 is 32.7 Å². The van der Waals surface area contributed by atoms with Crippen LogP contribution in [0.15, 0.2) is 78.9 Å². The Morgan fingerprint density at radius 3 is 1.74 bits per heavy atom. The van der Waals surface area contributed by atoms with Crippen molar-refractivity contribution in [3.05, 3.63) is 84.4 Å². The molecule has 0 saturated carbocycles. The molecule has 0 bridgehead atoms. The van der Waals surface area contributed by atoms with Crippen LogP contribution in [0.3, 0.4) is 0 Å². The molecule has 0 unspecified atom stereocenters. The normalized spacial score (nSPS) is 11.5. The minimum Gasteiger partial charge on any atom is -0.543 e. The van der Waals surface area contributed by atoms with E-state index in [0.29, 0.717) is 0 Å². The van der Waals surface area contributed by atoms with Gasteiger partial charge in [0.05, 0.1) is 13.8 Å². The van der Waals surface area contributed by atoms with Crippen molar-refractivity contribution in [1.29, 1.82) is 0 Å². The lowest BCUT2D eigenvalue weighted by Crippen LogP contribution is -2.31. The van der Waals surface area contributed by atoms with E-state index in [4.69, 9.17) is 4.43 Å². The van der Waals surface area contributed by atoms with Gasteiger partial charge < -0.3 is 9.10 Å². The van der Waals surface area contributed by atoms with Gasteiger partial charge >= 0.3 is 0 Å². The SMILES string of the molecule is Cc1cccc(O[Si](C)(C)C)c1N(C)P(c1ccccc1)c1ccccc1. The van der Waals surface area contributed by atoms with E-state index in [0.717, 1.165) is 5.75 Å². The van der Waals surface area contributed by atoms with Crippen LogP contribution < -0.4 is 19.7 Å². The molecule has 0 aliphatic heterocycles. The van der Waals surface area contributed by atoms with Gasteiger partial charge in [-0.1, -0.05) is 72.8 Å². The Hall–Kier alpha value is -2.09. The molecule has 2 nitrogen and oxygen atoms in total. The van der Waals surface area contributed by atoms with Crippen LogP contribution in [0, 0.1) is 6.92 Å². The van der Waals surface area contributed by atoms with Gasteiger partial charge in [-0.05, 0) is 38.2 Å². The number of hydrogen-bond donors (Lipinski definition) is 0. The molecule has 27 heavy (non-hydrogen) atoms. The largest absolute Gasteiger partial charge is 0.543 e. The summed E-state index contributed by atoms with van der Waals surface area (Å²) in [5.74, 6) is 0.996. The second-order valence-corrected chi connectivity index (χ2v) is 14.3. The molecule has 3 rings (SSSR count). The smallest absolute Gasteiger partial charge is 0.242 e. The van der Waals surface area contributed by atoms with Gasteiger partial charge in [-0.2, -0.15) is 0 Å². The Kier molecular flexibility index (Phi) is 6.03. The first-order valence-electron chi connectivity index (χ1n) is 9.29. The molecule has 3 aromatic carbocycles. The molecular formula is C23H28NOPSi. The van der Waals surface area contributed by atoms with Crippen molar-refractivity contribution in [2.24, 2.45) is 0 Å². The molecule has 0 fully saturated rings. The zero-order valence-corrected chi connectivity index (χ0v) is 18.7. The highest BCUT2D eigenvalue weighted by Crippen LogP contribution is 2.46. The Bertz CT molecular complexity index is 838. The summed E-state index contributed by atoms with van der Waals surface area (Å²) in [7, 11) is -0.205. The summed E-state index contributed by atoms with van der Waals surface area (Å²) in [4.78, 5) is 0. The van der Waals surface area contributed by atoms with Crippen molar-refractivity contribution in [3.63, 3.8) is 0 Å². The van der Waals surface area contributed by atoms with Crippen molar-refractivity contribution in [2.45, 2.75) is 26.6 Å². The molecule has 4 heteroatoms. The standard InChI is InChI=1S/C23H28NOPSi/c1-19-13-12-18-22(25-27(3,4)5)23(19)24(2)26(20-14-8-6-9-15-20)21-16-10-7-11-17-21/h6-18H,1-5H3. The first kappa shape index (κ1) is 19.7. The van der Waals surface area contributed by atoms with Gasteiger partial charge in [-0.3, -0.25) is 0 Å². The number of anilines is 1. The number of hydrogen-bond acceptors (Lipinski definition) is 2. The first-order chi connectivity index (χ1) is 12.9. The number of benzene rings is 3. The van der Waals surface area contributed by atoms with Crippen LogP contribution in [0.25, 0.3) is 0 Å². The predicted octanol–water partition coefficient (Wildman–Crippen LogP) is 5.69. The molecular weight excluding hydrogens is 365 g/mol. The first-order valence-corrected chi connectivity index (χ1v) is 14.0. The van der Waals surface area contributed by atoms with Crippen LogP contribution in [-0.2, 0) is 0 Å². The zero-order valence-electron chi connectivity index (χ0n) is 16.8. The fourth-order valence-electron chi connectivity index (χ4n) is 3.19. The minimum atomic E-state index is -1.71. The lowest BCUT2D eigenvalue weighted by atomic mass is 10.2. The second kappa shape index (κ2) is 8.29. The fourth-order valence-corrected chi connectivity index (χ4v) is 6.37. The molecule has 0 amide bonds. The average molecular weight is 394 g/mol. The van der Waals surface area contributed by atoms with Crippen molar-refractivity contribution in [2.75, 3.05) is 11.7 Å². The van der Waals surface area contributed by atoms with E-state index in [2.05, 4.69) is 117 Å². The van der Waals surface area contributed by atoms with Crippen LogP contribution in [-0.4, -0.2) is 15.4 Å². The Morgan fingerprint density at radius 1 is 0.741 bits per heavy atom. The van der Waals surface area contributed by atoms with Gasteiger partial charge in [0.25, 0.3) is 0 Å². The molecule has 140 valence electrons. The van der Waals surface area contributed by atoms with Crippen molar-refractivity contribution in [3.8, 4) is 5.75 Å². The highest BCUT2D eigenvalue weighted by Gasteiger charge is 2.26. The molecule has 0 aliphatic carbocycles. The van der Waals surface area contributed by atoms with E-state index in [1.54, 1.807) is 0 Å².